The second kappa shape index (κ2) is 6.11. The van der Waals surface area contributed by atoms with E-state index in [9.17, 15) is 0 Å². The van der Waals surface area contributed by atoms with Gasteiger partial charge in [-0.25, -0.2) is 0 Å². The largest absolute Gasteiger partial charge is 0.382 e. The Morgan fingerprint density at radius 2 is 1.81 bits per heavy atom. The minimum atomic E-state index is 0.247. The van der Waals surface area contributed by atoms with Gasteiger partial charge in [0.1, 0.15) is 0 Å². The SMILES string of the molecule is Cc1ccc(-n2nnc(-c3nc(-c4ccccc4C)no3)c2N)c(C)c1. The standard InChI is InChI=1S/C19H18N6O/c1-11-8-9-15(13(3)10-11)25-17(20)16(22-24-25)19-21-18(23-26-19)14-7-5-4-6-12(14)2/h4-10H,20H2,1-3H3. The third kappa shape index (κ3) is 2.63. The molecule has 130 valence electrons. The molecule has 0 saturated carbocycles. The maximum absolute atomic E-state index is 6.26. The first-order valence-electron chi connectivity index (χ1n) is 8.23. The van der Waals surface area contributed by atoms with Crippen LogP contribution in [0, 0.1) is 20.8 Å². The second-order valence-corrected chi connectivity index (χ2v) is 6.26. The minimum Gasteiger partial charge on any atom is -0.382 e. The summed E-state index contributed by atoms with van der Waals surface area (Å²) in [7, 11) is 0. The molecule has 26 heavy (non-hydrogen) atoms. The fourth-order valence-electron chi connectivity index (χ4n) is 2.92. The molecule has 0 spiro atoms. The zero-order valence-electron chi connectivity index (χ0n) is 14.8. The first-order valence-corrected chi connectivity index (χ1v) is 8.23. The maximum atomic E-state index is 6.26. The van der Waals surface area contributed by atoms with Crippen molar-refractivity contribution >= 4 is 5.82 Å². The molecule has 0 aliphatic heterocycles. The van der Waals surface area contributed by atoms with Crippen LogP contribution in [0.15, 0.2) is 47.0 Å². The predicted molar refractivity (Wildman–Crippen MR) is 98.7 cm³/mol. The van der Waals surface area contributed by atoms with Gasteiger partial charge < -0.3 is 10.3 Å². The van der Waals surface area contributed by atoms with Gasteiger partial charge in [-0.15, -0.1) is 5.10 Å². The Balaban J connectivity index is 1.75. The normalized spacial score (nSPS) is 11.0. The van der Waals surface area contributed by atoms with Crippen molar-refractivity contribution in [1.29, 1.82) is 0 Å². The number of nitrogens with zero attached hydrogens (tertiary/aromatic N) is 5. The third-order valence-corrected chi connectivity index (χ3v) is 4.30. The summed E-state index contributed by atoms with van der Waals surface area (Å²) >= 11 is 0. The number of aryl methyl sites for hydroxylation is 3. The Kier molecular flexibility index (Phi) is 3.76. The number of nitrogens with two attached hydrogens (primary N) is 1. The first kappa shape index (κ1) is 16.0. The van der Waals surface area contributed by atoms with Crippen LogP contribution in [0.2, 0.25) is 0 Å². The molecule has 7 heteroatoms. The molecule has 0 saturated heterocycles. The van der Waals surface area contributed by atoms with Gasteiger partial charge >= 0.3 is 0 Å². The minimum absolute atomic E-state index is 0.247. The van der Waals surface area contributed by atoms with Gasteiger partial charge in [-0.05, 0) is 38.0 Å². The fraction of sp³-hybridized carbons (Fsp3) is 0.158. The molecule has 2 aromatic carbocycles. The van der Waals surface area contributed by atoms with Gasteiger partial charge in [0.05, 0.1) is 5.69 Å². The van der Waals surface area contributed by atoms with Gasteiger partial charge in [-0.1, -0.05) is 52.3 Å². The van der Waals surface area contributed by atoms with E-state index in [1.165, 1.54) is 5.56 Å². The highest BCUT2D eigenvalue weighted by Crippen LogP contribution is 2.28. The summed E-state index contributed by atoms with van der Waals surface area (Å²) in [4.78, 5) is 4.44. The maximum Gasteiger partial charge on any atom is 0.282 e. The Hall–Kier alpha value is -3.48. The highest BCUT2D eigenvalue weighted by Gasteiger charge is 2.20. The van der Waals surface area contributed by atoms with Gasteiger partial charge in [0.15, 0.2) is 11.5 Å². The topological polar surface area (TPSA) is 95.6 Å². The van der Waals surface area contributed by atoms with Gasteiger partial charge in [0, 0.05) is 5.56 Å². The van der Waals surface area contributed by atoms with Gasteiger partial charge in [-0.3, -0.25) is 0 Å². The summed E-state index contributed by atoms with van der Waals surface area (Å²) in [6, 6.07) is 13.9. The summed E-state index contributed by atoms with van der Waals surface area (Å²) in [5.74, 6) is 1.10. The number of benzene rings is 2. The lowest BCUT2D eigenvalue weighted by molar-refractivity contribution is 0.431. The molecule has 2 N–H and O–H groups in total. The fourth-order valence-corrected chi connectivity index (χ4v) is 2.92. The van der Waals surface area contributed by atoms with Crippen molar-refractivity contribution in [2.45, 2.75) is 20.8 Å². The van der Waals surface area contributed by atoms with Crippen LogP contribution in [0.1, 0.15) is 16.7 Å². The van der Waals surface area contributed by atoms with Crippen molar-refractivity contribution in [1.82, 2.24) is 25.1 Å². The highest BCUT2D eigenvalue weighted by molar-refractivity contribution is 5.67. The molecule has 0 unspecified atom stereocenters. The summed E-state index contributed by atoms with van der Waals surface area (Å²) in [5, 5.41) is 12.4. The highest BCUT2D eigenvalue weighted by atomic mass is 16.5. The lowest BCUT2D eigenvalue weighted by atomic mass is 10.1. The molecule has 0 atom stereocenters. The Bertz CT molecular complexity index is 1100. The lowest BCUT2D eigenvalue weighted by Crippen LogP contribution is -2.04. The summed E-state index contributed by atoms with van der Waals surface area (Å²) in [6.07, 6.45) is 0. The van der Waals surface area contributed by atoms with Crippen LogP contribution in [0.3, 0.4) is 0 Å². The third-order valence-electron chi connectivity index (χ3n) is 4.30. The van der Waals surface area contributed by atoms with Crippen molar-refractivity contribution in [3.63, 3.8) is 0 Å². The van der Waals surface area contributed by atoms with Crippen LogP contribution in [0.4, 0.5) is 5.82 Å². The number of nitrogen functional groups attached to an aromatic ring is 1. The summed E-state index contributed by atoms with van der Waals surface area (Å²) < 4.78 is 6.97. The van der Waals surface area contributed by atoms with Crippen molar-refractivity contribution in [3.05, 3.63) is 59.2 Å². The van der Waals surface area contributed by atoms with Crippen molar-refractivity contribution in [3.8, 4) is 28.7 Å². The van der Waals surface area contributed by atoms with E-state index >= 15 is 0 Å². The van der Waals surface area contributed by atoms with E-state index in [0.717, 1.165) is 22.4 Å². The Morgan fingerprint density at radius 3 is 2.58 bits per heavy atom. The number of anilines is 1. The number of hydrogen-bond donors (Lipinski definition) is 1. The molecule has 0 amide bonds. The van der Waals surface area contributed by atoms with Crippen LogP contribution in [0.25, 0.3) is 28.7 Å². The van der Waals surface area contributed by atoms with Crippen LogP contribution in [0.5, 0.6) is 0 Å². The quantitative estimate of drug-likeness (QED) is 0.610. The van der Waals surface area contributed by atoms with E-state index in [1.807, 2.05) is 57.2 Å². The smallest absolute Gasteiger partial charge is 0.282 e. The van der Waals surface area contributed by atoms with Crippen LogP contribution in [-0.4, -0.2) is 25.1 Å². The molecule has 7 nitrogen and oxygen atoms in total. The van der Waals surface area contributed by atoms with Crippen LogP contribution < -0.4 is 5.73 Å². The molecule has 4 aromatic rings. The van der Waals surface area contributed by atoms with Crippen LogP contribution >= 0.6 is 0 Å². The molecule has 0 aliphatic carbocycles. The zero-order chi connectivity index (χ0) is 18.3. The van der Waals surface area contributed by atoms with Gasteiger partial charge in [0.25, 0.3) is 5.89 Å². The number of aromatic nitrogens is 5. The molecule has 0 radical (unpaired) electrons. The van der Waals surface area contributed by atoms with E-state index in [1.54, 1.807) is 4.68 Å². The van der Waals surface area contributed by atoms with Crippen molar-refractivity contribution in [2.75, 3.05) is 5.73 Å². The lowest BCUT2D eigenvalue weighted by Gasteiger charge is -2.07. The first-order chi connectivity index (χ1) is 12.5. The van der Waals surface area contributed by atoms with E-state index < -0.39 is 0 Å². The molecule has 2 heterocycles. The predicted octanol–water partition coefficient (Wildman–Crippen LogP) is 3.49. The molecule has 2 aromatic heterocycles. The van der Waals surface area contributed by atoms with E-state index in [2.05, 4.69) is 26.5 Å². The van der Waals surface area contributed by atoms with Gasteiger partial charge in [0.2, 0.25) is 5.82 Å². The average molecular weight is 346 g/mol. The Labute approximate surface area is 150 Å². The summed E-state index contributed by atoms with van der Waals surface area (Å²) in [6.45, 7) is 6.04. The number of rotatable bonds is 3. The van der Waals surface area contributed by atoms with E-state index in [-0.39, 0.29) is 5.89 Å². The second-order valence-electron chi connectivity index (χ2n) is 6.26. The van der Waals surface area contributed by atoms with E-state index in [4.69, 9.17) is 10.3 Å². The number of hydrogen-bond acceptors (Lipinski definition) is 6. The monoisotopic (exact) mass is 346 g/mol. The zero-order valence-corrected chi connectivity index (χ0v) is 14.8. The molecule has 0 aliphatic rings. The van der Waals surface area contributed by atoms with E-state index in [0.29, 0.717) is 17.3 Å². The van der Waals surface area contributed by atoms with Crippen molar-refractivity contribution < 1.29 is 4.52 Å². The summed E-state index contributed by atoms with van der Waals surface area (Å²) in [5.41, 5.74) is 11.7. The molecular formula is C19H18N6O. The van der Waals surface area contributed by atoms with Crippen molar-refractivity contribution in [2.24, 2.45) is 0 Å². The van der Waals surface area contributed by atoms with Crippen LogP contribution in [-0.2, 0) is 0 Å². The van der Waals surface area contributed by atoms with Gasteiger partial charge in [-0.2, -0.15) is 9.67 Å². The molecule has 0 bridgehead atoms. The molecule has 4 rings (SSSR count). The average Bonchev–Trinajstić information content (AvgIpc) is 3.22. The molecular weight excluding hydrogens is 328 g/mol. The molecule has 0 fully saturated rings. The Morgan fingerprint density at radius 1 is 1.00 bits per heavy atom.